The number of nitrogens with zero attached hydrogens (tertiary/aromatic N) is 3. The van der Waals surface area contributed by atoms with Gasteiger partial charge in [0.15, 0.2) is 5.43 Å². The predicted octanol–water partition coefficient (Wildman–Crippen LogP) is 6.51. The van der Waals surface area contributed by atoms with Crippen LogP contribution in [0.15, 0.2) is 113 Å². The third-order valence-corrected chi connectivity index (χ3v) is 5.79. The number of rotatable bonds is 8. The van der Waals surface area contributed by atoms with E-state index in [0.29, 0.717) is 11.2 Å². The zero-order valence-corrected chi connectivity index (χ0v) is 19.8. The van der Waals surface area contributed by atoms with Gasteiger partial charge in [0.1, 0.15) is 10.8 Å². The van der Waals surface area contributed by atoms with Crippen molar-refractivity contribution in [3.63, 3.8) is 0 Å². The van der Waals surface area contributed by atoms with E-state index in [1.165, 1.54) is 11.8 Å². The highest BCUT2D eigenvalue weighted by molar-refractivity contribution is 8.14. The molecule has 5 nitrogen and oxygen atoms in total. The molecular weight excluding hydrogens is 428 g/mol. The summed E-state index contributed by atoms with van der Waals surface area (Å²) in [5.74, 6) is 0.676. The molecule has 1 N–H and O–H groups in total. The maximum absolute atomic E-state index is 13.0. The monoisotopic (exact) mass is 456 g/mol. The zero-order valence-electron chi connectivity index (χ0n) is 19.0. The summed E-state index contributed by atoms with van der Waals surface area (Å²) in [4.78, 5) is 21.8. The number of thioether (sulfide) groups is 1. The van der Waals surface area contributed by atoms with Gasteiger partial charge in [-0.05, 0) is 50.1 Å². The van der Waals surface area contributed by atoms with Gasteiger partial charge in [0.25, 0.3) is 0 Å². The van der Waals surface area contributed by atoms with Crippen molar-refractivity contribution >= 4 is 39.2 Å². The minimum atomic E-state index is -0.0949. The van der Waals surface area contributed by atoms with Crippen molar-refractivity contribution in [2.75, 3.05) is 12.4 Å². The van der Waals surface area contributed by atoms with E-state index in [-0.39, 0.29) is 5.43 Å². The van der Waals surface area contributed by atoms with Crippen LogP contribution in [-0.4, -0.2) is 21.6 Å². The van der Waals surface area contributed by atoms with Crippen LogP contribution in [0.5, 0.6) is 0 Å². The van der Waals surface area contributed by atoms with Gasteiger partial charge >= 0.3 is 0 Å². The van der Waals surface area contributed by atoms with E-state index in [0.717, 1.165) is 39.8 Å². The van der Waals surface area contributed by atoms with Gasteiger partial charge in [0, 0.05) is 30.7 Å². The molecule has 2 heterocycles. The topological polar surface area (TPSA) is 59.3 Å². The van der Waals surface area contributed by atoms with Crippen molar-refractivity contribution in [1.82, 2.24) is 9.55 Å². The Labute approximate surface area is 199 Å². The predicted molar refractivity (Wildman–Crippen MR) is 144 cm³/mol. The van der Waals surface area contributed by atoms with Crippen LogP contribution in [0.4, 0.5) is 5.82 Å². The average molecular weight is 457 g/mol. The molecule has 168 valence electrons. The molecule has 6 heteroatoms. The second-order valence-electron chi connectivity index (χ2n) is 7.12. The summed E-state index contributed by atoms with van der Waals surface area (Å²) >= 11 is 1.43. The minimum Gasteiger partial charge on any atom is -0.342 e. The van der Waals surface area contributed by atoms with Crippen LogP contribution >= 0.6 is 11.8 Å². The summed E-state index contributed by atoms with van der Waals surface area (Å²) < 4.78 is 2.02. The first-order valence-corrected chi connectivity index (χ1v) is 11.5. The van der Waals surface area contributed by atoms with Gasteiger partial charge in [-0.25, -0.2) is 4.98 Å². The highest BCUT2D eigenvalue weighted by Crippen LogP contribution is 2.28. The molecule has 3 rings (SSSR count). The molecule has 0 radical (unpaired) electrons. The number of nitrogens with one attached hydrogen (secondary N) is 1. The molecule has 0 fully saturated rings. The number of pyridine rings is 2. The van der Waals surface area contributed by atoms with Crippen molar-refractivity contribution in [2.45, 2.75) is 24.8 Å². The Balaban J connectivity index is 2.24. The highest BCUT2D eigenvalue weighted by Gasteiger charge is 2.14. The zero-order chi connectivity index (χ0) is 23.6. The molecule has 0 unspecified atom stereocenters. The lowest BCUT2D eigenvalue weighted by molar-refractivity contribution is 1.01. The van der Waals surface area contributed by atoms with Gasteiger partial charge in [0.05, 0.1) is 15.9 Å². The Bertz CT molecular complexity index is 1290. The lowest BCUT2D eigenvalue weighted by Gasteiger charge is -2.20. The maximum Gasteiger partial charge on any atom is 0.193 e. The molecule has 0 amide bonds. The Morgan fingerprint density at radius 3 is 2.76 bits per heavy atom. The summed E-state index contributed by atoms with van der Waals surface area (Å²) in [7, 11) is 1.73. The fourth-order valence-corrected chi connectivity index (χ4v) is 4.11. The van der Waals surface area contributed by atoms with Crippen LogP contribution in [0.25, 0.3) is 16.6 Å². The number of aliphatic imine (C=N–C) groups is 1. The lowest BCUT2D eigenvalue weighted by Crippen LogP contribution is -2.15. The molecule has 0 spiro atoms. The Morgan fingerprint density at radius 1 is 1.24 bits per heavy atom. The normalized spacial score (nSPS) is 14.8. The smallest absolute Gasteiger partial charge is 0.193 e. The summed E-state index contributed by atoms with van der Waals surface area (Å²) in [5, 5.41) is 5.49. The Kier molecular flexibility index (Phi) is 8.61. The van der Waals surface area contributed by atoms with Crippen LogP contribution in [0.2, 0.25) is 0 Å². The van der Waals surface area contributed by atoms with E-state index in [1.807, 2.05) is 54.0 Å². The van der Waals surface area contributed by atoms with Crippen molar-refractivity contribution in [1.29, 1.82) is 0 Å². The van der Waals surface area contributed by atoms with Crippen LogP contribution < -0.4 is 10.7 Å². The van der Waals surface area contributed by atoms with Gasteiger partial charge in [-0.2, -0.15) is 0 Å². The van der Waals surface area contributed by atoms with Gasteiger partial charge in [-0.3, -0.25) is 14.4 Å². The van der Waals surface area contributed by atoms with E-state index < -0.39 is 0 Å². The standard InChI is InChI=1S/C27H28N4OS/c1-5-8-16-26(28-4)33-27-17-23-22(19-29-27)24(32)18-25(30-20-14-10-9-11-15-20)31(23)21(12-6-2)13-7-3/h5-8,10,12-19,30H,1-2,9,11H2,3-4H3/b13-7-,16-8-,21-12+,28-26?. The maximum atomic E-state index is 13.0. The molecule has 0 aliphatic heterocycles. The Morgan fingerprint density at radius 2 is 2.09 bits per heavy atom. The SMILES string of the molecule is C=C/C=C\C(=NC)Sc1cc2c(cn1)c(=O)cc(NC1=CCCC=C1)n2C(/C=C\C)=C/C=C. The third kappa shape index (κ3) is 5.99. The fourth-order valence-electron chi connectivity index (χ4n) is 3.39. The lowest BCUT2D eigenvalue weighted by atomic mass is 10.1. The molecule has 0 bridgehead atoms. The van der Waals surface area contributed by atoms with E-state index in [9.17, 15) is 4.79 Å². The molecular formula is C27H28N4OS. The summed E-state index contributed by atoms with van der Waals surface area (Å²) in [5.41, 5.74) is 2.49. The van der Waals surface area contributed by atoms with Crippen molar-refractivity contribution in [3.8, 4) is 0 Å². The number of hydrogen-bond acceptors (Lipinski definition) is 5. The second kappa shape index (κ2) is 11.8. The third-order valence-electron chi connectivity index (χ3n) is 4.83. The molecule has 1 aliphatic rings. The summed E-state index contributed by atoms with van der Waals surface area (Å²) in [6, 6.07) is 3.54. The van der Waals surface area contributed by atoms with E-state index in [1.54, 1.807) is 31.5 Å². The van der Waals surface area contributed by atoms with E-state index >= 15 is 0 Å². The molecule has 1 aliphatic carbocycles. The van der Waals surface area contributed by atoms with Crippen molar-refractivity contribution in [2.24, 2.45) is 4.99 Å². The number of allylic oxidation sites excluding steroid dienone is 10. The molecule has 0 atom stereocenters. The molecule has 0 saturated carbocycles. The number of fused-ring (bicyclic) bond motifs is 1. The van der Waals surface area contributed by atoms with Gasteiger partial charge in [-0.1, -0.05) is 61.4 Å². The summed E-state index contributed by atoms with van der Waals surface area (Å²) in [6.07, 6.45) is 22.9. The quantitative estimate of drug-likeness (QED) is 0.213. The molecule has 0 aromatic carbocycles. The Hall–Kier alpha value is -3.64. The van der Waals surface area contributed by atoms with E-state index in [4.69, 9.17) is 0 Å². The second-order valence-corrected chi connectivity index (χ2v) is 8.16. The van der Waals surface area contributed by atoms with Crippen molar-refractivity contribution in [3.05, 3.63) is 108 Å². The highest BCUT2D eigenvalue weighted by atomic mass is 32.2. The first kappa shape index (κ1) is 24.0. The van der Waals surface area contributed by atoms with Crippen LogP contribution in [0, 0.1) is 0 Å². The molecule has 2 aromatic rings. The van der Waals surface area contributed by atoms with Gasteiger partial charge in [0.2, 0.25) is 0 Å². The minimum absolute atomic E-state index is 0.0949. The first-order chi connectivity index (χ1) is 16.1. The summed E-state index contributed by atoms with van der Waals surface area (Å²) in [6.45, 7) is 9.54. The number of hydrogen-bond donors (Lipinski definition) is 1. The van der Waals surface area contributed by atoms with Crippen LogP contribution in [-0.2, 0) is 0 Å². The van der Waals surface area contributed by atoms with Crippen LogP contribution in [0.3, 0.4) is 0 Å². The van der Waals surface area contributed by atoms with Crippen molar-refractivity contribution < 1.29 is 0 Å². The molecule has 33 heavy (non-hydrogen) atoms. The number of aromatic nitrogens is 2. The van der Waals surface area contributed by atoms with Gasteiger partial charge < -0.3 is 5.32 Å². The molecule has 2 aromatic heterocycles. The van der Waals surface area contributed by atoms with Gasteiger partial charge in [-0.15, -0.1) is 0 Å². The fraction of sp³-hybridized carbons (Fsp3) is 0.148. The largest absolute Gasteiger partial charge is 0.342 e. The molecule has 0 saturated heterocycles. The van der Waals surface area contributed by atoms with Crippen LogP contribution in [0.1, 0.15) is 19.8 Å². The average Bonchev–Trinajstić information content (AvgIpc) is 2.82. The first-order valence-electron chi connectivity index (χ1n) is 10.7. The van der Waals surface area contributed by atoms with E-state index in [2.05, 4.69) is 40.6 Å². The number of anilines is 1.